The second kappa shape index (κ2) is 16.4. The highest BCUT2D eigenvalue weighted by atomic mass is 35.5. The summed E-state index contributed by atoms with van der Waals surface area (Å²) in [7, 11) is 3.05. The topological polar surface area (TPSA) is 113 Å². The summed E-state index contributed by atoms with van der Waals surface area (Å²) in [5.41, 5.74) is 1.94. The highest BCUT2D eigenvalue weighted by Crippen LogP contribution is 2.36. The van der Waals surface area contributed by atoms with E-state index in [9.17, 15) is 14.8 Å². The van der Waals surface area contributed by atoms with Crippen LogP contribution in [0.15, 0.2) is 73.1 Å². The zero-order chi connectivity index (χ0) is 35.2. The number of fused-ring (bicyclic) bond motifs is 3. The van der Waals surface area contributed by atoms with Crippen LogP contribution in [0.3, 0.4) is 0 Å². The molecule has 2 bridgehead atoms. The molecule has 2 aromatic heterocycles. The van der Waals surface area contributed by atoms with E-state index in [0.29, 0.717) is 51.1 Å². The maximum atomic E-state index is 13.6. The SMILES string of the molecule is COc1ccc([C@H](Cc2c(Cl)c[n+]([O-])cc2Cl)OC(=O)c2ccc(CCNC(C(=O)O[C@H]3CN4CCC3CC4)c3ccccc3)s2)cc1OC. The van der Waals surface area contributed by atoms with Crippen molar-refractivity contribution in [2.75, 3.05) is 40.4 Å². The van der Waals surface area contributed by atoms with Crippen LogP contribution in [0.1, 0.15) is 56.2 Å². The number of carbonyl (C=O) groups excluding carboxylic acids is 2. The van der Waals surface area contributed by atoms with Crippen molar-refractivity contribution in [1.29, 1.82) is 0 Å². The third kappa shape index (κ3) is 8.52. The van der Waals surface area contributed by atoms with E-state index >= 15 is 0 Å². The number of thiophene rings is 1. The summed E-state index contributed by atoms with van der Waals surface area (Å²) in [5.74, 6) is 0.598. The first-order chi connectivity index (χ1) is 24.2. The van der Waals surface area contributed by atoms with E-state index in [1.165, 1.54) is 38.0 Å². The van der Waals surface area contributed by atoms with Crippen molar-refractivity contribution in [1.82, 2.24) is 10.2 Å². The minimum atomic E-state index is -0.819. The van der Waals surface area contributed by atoms with Gasteiger partial charge in [0.15, 0.2) is 23.9 Å². The summed E-state index contributed by atoms with van der Waals surface area (Å²) in [5, 5.41) is 15.6. The van der Waals surface area contributed by atoms with Gasteiger partial charge in [-0.1, -0.05) is 59.6 Å². The number of piperidine rings is 3. The molecule has 3 saturated heterocycles. The van der Waals surface area contributed by atoms with Crippen molar-refractivity contribution >= 4 is 46.5 Å². The van der Waals surface area contributed by atoms with E-state index < -0.39 is 18.1 Å². The highest BCUT2D eigenvalue weighted by molar-refractivity contribution is 7.13. The summed E-state index contributed by atoms with van der Waals surface area (Å²) in [6.07, 6.45) is 4.33. The third-order valence-electron chi connectivity index (χ3n) is 9.29. The Bertz CT molecular complexity index is 1780. The lowest BCUT2D eigenvalue weighted by molar-refractivity contribution is -0.605. The van der Waals surface area contributed by atoms with E-state index in [2.05, 4.69) is 10.2 Å². The van der Waals surface area contributed by atoms with Gasteiger partial charge < -0.3 is 29.5 Å². The van der Waals surface area contributed by atoms with Gasteiger partial charge in [0.25, 0.3) is 0 Å². The van der Waals surface area contributed by atoms with Gasteiger partial charge in [0.2, 0.25) is 0 Å². The molecule has 264 valence electrons. The van der Waals surface area contributed by atoms with Gasteiger partial charge in [-0.25, -0.2) is 9.59 Å². The van der Waals surface area contributed by atoms with Gasteiger partial charge in [-0.15, -0.1) is 11.3 Å². The molecule has 2 aromatic carbocycles. The Kier molecular flexibility index (Phi) is 11.8. The Morgan fingerprint density at radius 2 is 1.70 bits per heavy atom. The van der Waals surface area contributed by atoms with E-state index in [0.717, 1.165) is 42.9 Å². The molecule has 1 unspecified atom stereocenters. The number of rotatable bonds is 14. The van der Waals surface area contributed by atoms with Crippen LogP contribution in [0, 0.1) is 11.1 Å². The molecule has 0 aliphatic carbocycles. The van der Waals surface area contributed by atoms with Crippen LogP contribution < -0.4 is 19.5 Å². The minimum absolute atomic E-state index is 0.0799. The monoisotopic (exact) mass is 739 g/mol. The van der Waals surface area contributed by atoms with Gasteiger partial charge in [0.1, 0.15) is 33.2 Å². The number of ether oxygens (including phenoxy) is 4. The van der Waals surface area contributed by atoms with Crippen molar-refractivity contribution in [3.63, 3.8) is 0 Å². The number of carbonyl (C=O) groups is 2. The van der Waals surface area contributed by atoms with Crippen molar-refractivity contribution in [2.24, 2.45) is 5.92 Å². The van der Waals surface area contributed by atoms with Crippen LogP contribution in [0.2, 0.25) is 10.0 Å². The zero-order valence-electron chi connectivity index (χ0n) is 27.8. The second-order valence-electron chi connectivity index (χ2n) is 12.4. The normalized spacial score (nSPS) is 19.4. The summed E-state index contributed by atoms with van der Waals surface area (Å²) in [6, 6.07) is 17.8. The number of nitrogens with zero attached hydrogens (tertiary/aromatic N) is 2. The standard InChI is InChI=1S/C37H39Cl2N3O7S/c1-46-30-10-8-25(18-32(30)47-2)31(19-27-28(38)20-42(45)21-29(27)39)48-36(43)34-11-9-26(50-34)12-15-40-35(24-6-4-3-5-7-24)37(44)49-33-22-41-16-13-23(33)14-17-41/h3-11,18,20-21,23,31,33,35,40H,12-17,19,22H2,1-2H3/t31-,33-,35?/m0/s1. The first kappa shape index (κ1) is 35.9. The molecule has 3 atom stereocenters. The van der Waals surface area contributed by atoms with Gasteiger partial charge in [-0.2, -0.15) is 4.73 Å². The number of halogens is 2. The van der Waals surface area contributed by atoms with Crippen LogP contribution in [-0.2, 0) is 27.1 Å². The van der Waals surface area contributed by atoms with Crippen molar-refractivity contribution in [3.05, 3.63) is 115 Å². The zero-order valence-corrected chi connectivity index (χ0v) is 30.1. The molecule has 13 heteroatoms. The molecule has 0 saturated carbocycles. The quantitative estimate of drug-likeness (QED) is 0.0898. The van der Waals surface area contributed by atoms with Gasteiger partial charge in [0.05, 0.1) is 14.2 Å². The fourth-order valence-electron chi connectivity index (χ4n) is 6.58. The number of pyridine rings is 1. The number of methoxy groups -OCH3 is 2. The fourth-order valence-corrected chi connectivity index (χ4v) is 8.07. The summed E-state index contributed by atoms with van der Waals surface area (Å²) >= 11 is 14.1. The van der Waals surface area contributed by atoms with Crippen LogP contribution in [0.5, 0.6) is 11.5 Å². The van der Waals surface area contributed by atoms with Crippen LogP contribution in [-0.4, -0.2) is 63.3 Å². The molecule has 10 nitrogen and oxygen atoms in total. The van der Waals surface area contributed by atoms with Gasteiger partial charge >= 0.3 is 11.9 Å². The molecule has 0 radical (unpaired) electrons. The molecule has 5 heterocycles. The Hall–Kier alpha value is -3.87. The van der Waals surface area contributed by atoms with Gasteiger partial charge in [-0.3, -0.25) is 4.90 Å². The Morgan fingerprint density at radius 1 is 0.980 bits per heavy atom. The number of aromatic nitrogens is 1. The summed E-state index contributed by atoms with van der Waals surface area (Å²) in [6.45, 7) is 3.43. The average molecular weight is 741 g/mol. The van der Waals surface area contributed by atoms with Crippen LogP contribution >= 0.6 is 34.5 Å². The molecule has 0 spiro atoms. The lowest BCUT2D eigenvalue weighted by Crippen LogP contribution is -2.52. The molecule has 50 heavy (non-hydrogen) atoms. The molecule has 0 amide bonds. The molecular weight excluding hydrogens is 701 g/mol. The van der Waals surface area contributed by atoms with Crippen molar-refractivity contribution in [2.45, 2.75) is 43.9 Å². The molecule has 7 rings (SSSR count). The molecule has 3 aliphatic heterocycles. The predicted molar refractivity (Wildman–Crippen MR) is 191 cm³/mol. The van der Waals surface area contributed by atoms with E-state index in [1.807, 2.05) is 36.4 Å². The first-order valence-electron chi connectivity index (χ1n) is 16.5. The highest BCUT2D eigenvalue weighted by Gasteiger charge is 2.38. The number of esters is 2. The summed E-state index contributed by atoms with van der Waals surface area (Å²) in [4.78, 5) is 30.8. The maximum absolute atomic E-state index is 13.6. The Labute approximate surface area is 305 Å². The van der Waals surface area contributed by atoms with Crippen molar-refractivity contribution in [3.8, 4) is 11.5 Å². The van der Waals surface area contributed by atoms with Crippen LogP contribution in [0.4, 0.5) is 0 Å². The number of hydrogen-bond acceptors (Lipinski definition) is 10. The van der Waals surface area contributed by atoms with E-state index in [1.54, 1.807) is 24.3 Å². The number of nitrogens with one attached hydrogen (secondary N) is 1. The molecule has 4 aromatic rings. The fraction of sp³-hybridized carbons (Fsp3) is 0.378. The lowest BCUT2D eigenvalue weighted by atomic mass is 9.86. The first-order valence-corrected chi connectivity index (χ1v) is 18.1. The Morgan fingerprint density at radius 3 is 2.36 bits per heavy atom. The third-order valence-corrected chi connectivity index (χ3v) is 11.1. The molecule has 1 N–H and O–H groups in total. The lowest BCUT2D eigenvalue weighted by Gasteiger charge is -2.44. The van der Waals surface area contributed by atoms with Gasteiger partial charge in [-0.05, 0) is 73.7 Å². The second-order valence-corrected chi connectivity index (χ2v) is 14.4. The Balaban J connectivity index is 1.13. The summed E-state index contributed by atoms with van der Waals surface area (Å²) < 4.78 is 23.6. The smallest absolute Gasteiger partial charge is 0.348 e. The van der Waals surface area contributed by atoms with E-state index in [-0.39, 0.29) is 28.5 Å². The molecule has 3 fully saturated rings. The molecular formula is C37H39Cl2N3O7S. The van der Waals surface area contributed by atoms with E-state index in [4.69, 9.17) is 42.1 Å². The predicted octanol–water partition coefficient (Wildman–Crippen LogP) is 6.36. The largest absolute Gasteiger partial charge is 0.619 e. The minimum Gasteiger partial charge on any atom is -0.619 e. The number of hydrogen-bond donors (Lipinski definition) is 1. The van der Waals surface area contributed by atoms with Gasteiger partial charge in [0, 0.05) is 30.0 Å². The average Bonchev–Trinajstić information content (AvgIpc) is 3.61. The van der Waals surface area contributed by atoms with Crippen molar-refractivity contribution < 1.29 is 33.3 Å². The maximum Gasteiger partial charge on any atom is 0.348 e. The van der Waals surface area contributed by atoms with Crippen LogP contribution in [0.25, 0.3) is 0 Å². The molecule has 3 aliphatic rings. The number of benzene rings is 2.